The van der Waals surface area contributed by atoms with Crippen LogP contribution in [0.1, 0.15) is 18.1 Å². The molecule has 2 aromatic rings. The standard InChI is InChI=1S/C20H29N5O3/c1-5-24-6-8-25(9-7-24)19-15(13-22-20(21)23-19)10-14-11-16(26-2)18(28-4)17(12-14)27-3/h11-13H,5-10H2,1-4H3,(H2,21,22,23). The molecule has 0 saturated carbocycles. The second kappa shape index (κ2) is 8.97. The number of nitrogen functional groups attached to an aromatic ring is 1. The highest BCUT2D eigenvalue weighted by Gasteiger charge is 2.21. The number of methoxy groups -OCH3 is 3. The predicted molar refractivity (Wildman–Crippen MR) is 110 cm³/mol. The van der Waals surface area contributed by atoms with Gasteiger partial charge in [0.25, 0.3) is 0 Å². The minimum Gasteiger partial charge on any atom is -0.493 e. The van der Waals surface area contributed by atoms with Crippen molar-refractivity contribution in [3.05, 3.63) is 29.5 Å². The smallest absolute Gasteiger partial charge is 0.221 e. The summed E-state index contributed by atoms with van der Waals surface area (Å²) in [6.45, 7) is 7.14. The number of hydrogen-bond donors (Lipinski definition) is 1. The Hall–Kier alpha value is -2.74. The van der Waals surface area contributed by atoms with Crippen molar-refractivity contribution >= 4 is 11.8 Å². The zero-order chi connectivity index (χ0) is 20.1. The summed E-state index contributed by atoms with van der Waals surface area (Å²) >= 11 is 0. The van der Waals surface area contributed by atoms with Gasteiger partial charge in [0, 0.05) is 44.4 Å². The molecule has 8 nitrogen and oxygen atoms in total. The molecule has 0 amide bonds. The van der Waals surface area contributed by atoms with E-state index >= 15 is 0 Å². The van der Waals surface area contributed by atoms with Crippen LogP contribution in [0.4, 0.5) is 11.8 Å². The molecule has 2 N–H and O–H groups in total. The van der Waals surface area contributed by atoms with Crippen molar-refractivity contribution in [2.45, 2.75) is 13.3 Å². The van der Waals surface area contributed by atoms with Gasteiger partial charge in [0.15, 0.2) is 11.5 Å². The van der Waals surface area contributed by atoms with Crippen LogP contribution in [-0.2, 0) is 6.42 Å². The van der Waals surface area contributed by atoms with Crippen LogP contribution < -0.4 is 24.8 Å². The molecule has 0 radical (unpaired) electrons. The van der Waals surface area contributed by atoms with Crippen molar-refractivity contribution in [1.29, 1.82) is 0 Å². The number of nitrogens with two attached hydrogens (primary N) is 1. The van der Waals surface area contributed by atoms with Crippen LogP contribution in [0, 0.1) is 0 Å². The molecule has 1 fully saturated rings. The van der Waals surface area contributed by atoms with Gasteiger partial charge in [-0.25, -0.2) is 4.98 Å². The first-order chi connectivity index (χ1) is 13.6. The Morgan fingerprint density at radius 2 is 1.64 bits per heavy atom. The molecule has 3 rings (SSSR count). The van der Waals surface area contributed by atoms with Gasteiger partial charge in [-0.2, -0.15) is 4.98 Å². The Kier molecular flexibility index (Phi) is 6.41. The number of hydrogen-bond acceptors (Lipinski definition) is 8. The fraction of sp³-hybridized carbons (Fsp3) is 0.500. The summed E-state index contributed by atoms with van der Waals surface area (Å²) in [4.78, 5) is 13.5. The van der Waals surface area contributed by atoms with Crippen LogP contribution in [0.5, 0.6) is 17.2 Å². The third-order valence-electron chi connectivity index (χ3n) is 5.10. The molecule has 0 bridgehead atoms. The molecule has 1 aliphatic rings. The average molecular weight is 387 g/mol. The van der Waals surface area contributed by atoms with Gasteiger partial charge in [-0.15, -0.1) is 0 Å². The lowest BCUT2D eigenvalue weighted by molar-refractivity contribution is 0.270. The molecule has 8 heteroatoms. The number of rotatable bonds is 7. The van der Waals surface area contributed by atoms with Gasteiger partial charge in [0.05, 0.1) is 21.3 Å². The van der Waals surface area contributed by atoms with Gasteiger partial charge in [-0.1, -0.05) is 6.92 Å². The van der Waals surface area contributed by atoms with E-state index in [0.29, 0.717) is 29.6 Å². The van der Waals surface area contributed by atoms with E-state index in [1.54, 1.807) is 21.3 Å². The number of piperazine rings is 1. The maximum atomic E-state index is 5.89. The summed E-state index contributed by atoms with van der Waals surface area (Å²) in [6, 6.07) is 3.91. The molecule has 0 spiro atoms. The highest BCUT2D eigenvalue weighted by atomic mass is 16.5. The number of anilines is 2. The minimum atomic E-state index is 0.293. The second-order valence-corrected chi connectivity index (χ2v) is 6.71. The fourth-order valence-electron chi connectivity index (χ4n) is 3.54. The summed E-state index contributed by atoms with van der Waals surface area (Å²) in [5.41, 5.74) is 7.94. The third kappa shape index (κ3) is 4.22. The third-order valence-corrected chi connectivity index (χ3v) is 5.10. The summed E-state index contributed by atoms with van der Waals surface area (Å²) in [6.07, 6.45) is 2.45. The second-order valence-electron chi connectivity index (χ2n) is 6.71. The van der Waals surface area contributed by atoms with E-state index in [1.807, 2.05) is 18.3 Å². The molecule has 0 unspecified atom stereocenters. The number of ether oxygens (including phenoxy) is 3. The molecule has 1 aromatic heterocycles. The largest absolute Gasteiger partial charge is 0.493 e. The van der Waals surface area contributed by atoms with Gasteiger partial charge in [0.1, 0.15) is 5.82 Å². The molecule has 0 atom stereocenters. The Bertz CT molecular complexity index is 781. The van der Waals surface area contributed by atoms with Crippen molar-refractivity contribution in [2.75, 3.05) is 64.7 Å². The van der Waals surface area contributed by atoms with Crippen LogP contribution in [0.25, 0.3) is 0 Å². The van der Waals surface area contributed by atoms with Gasteiger partial charge in [-0.3, -0.25) is 0 Å². The zero-order valence-electron chi connectivity index (χ0n) is 17.1. The number of benzene rings is 1. The van der Waals surface area contributed by atoms with E-state index in [9.17, 15) is 0 Å². The highest BCUT2D eigenvalue weighted by molar-refractivity contribution is 5.56. The molecule has 2 heterocycles. The fourth-order valence-corrected chi connectivity index (χ4v) is 3.54. The molecule has 1 aromatic carbocycles. The highest BCUT2D eigenvalue weighted by Crippen LogP contribution is 2.39. The van der Waals surface area contributed by atoms with E-state index < -0.39 is 0 Å². The van der Waals surface area contributed by atoms with Crippen molar-refractivity contribution in [2.24, 2.45) is 0 Å². The lowest BCUT2D eigenvalue weighted by Gasteiger charge is -2.35. The van der Waals surface area contributed by atoms with Crippen molar-refractivity contribution in [1.82, 2.24) is 14.9 Å². The molecule has 1 saturated heterocycles. The molecule has 28 heavy (non-hydrogen) atoms. The maximum absolute atomic E-state index is 5.89. The quantitative estimate of drug-likeness (QED) is 0.770. The van der Waals surface area contributed by atoms with Crippen LogP contribution in [0.3, 0.4) is 0 Å². The van der Waals surface area contributed by atoms with E-state index in [-0.39, 0.29) is 0 Å². The van der Waals surface area contributed by atoms with Crippen LogP contribution in [-0.4, -0.2) is 68.9 Å². The van der Waals surface area contributed by atoms with Crippen molar-refractivity contribution in [3.63, 3.8) is 0 Å². The van der Waals surface area contributed by atoms with E-state index in [2.05, 4.69) is 26.7 Å². The lowest BCUT2D eigenvalue weighted by atomic mass is 10.0. The van der Waals surface area contributed by atoms with Gasteiger partial charge >= 0.3 is 0 Å². The van der Waals surface area contributed by atoms with Gasteiger partial charge < -0.3 is 29.7 Å². The monoisotopic (exact) mass is 387 g/mol. The first-order valence-electron chi connectivity index (χ1n) is 9.47. The van der Waals surface area contributed by atoms with Crippen molar-refractivity contribution in [3.8, 4) is 17.2 Å². The zero-order valence-corrected chi connectivity index (χ0v) is 17.1. The van der Waals surface area contributed by atoms with E-state index in [0.717, 1.165) is 49.7 Å². The first kappa shape index (κ1) is 20.0. The molecule has 1 aliphatic heterocycles. The molecular formula is C20H29N5O3. The summed E-state index contributed by atoms with van der Waals surface area (Å²) in [5.74, 6) is 3.04. The summed E-state index contributed by atoms with van der Waals surface area (Å²) in [5, 5.41) is 0. The summed E-state index contributed by atoms with van der Waals surface area (Å²) < 4.78 is 16.4. The Balaban J connectivity index is 1.91. The Morgan fingerprint density at radius 3 is 2.18 bits per heavy atom. The Labute approximate surface area is 166 Å². The summed E-state index contributed by atoms with van der Waals surface area (Å²) in [7, 11) is 4.83. The first-order valence-corrected chi connectivity index (χ1v) is 9.47. The van der Waals surface area contributed by atoms with Crippen LogP contribution in [0.15, 0.2) is 18.3 Å². The maximum Gasteiger partial charge on any atom is 0.221 e. The SMILES string of the molecule is CCN1CCN(c2nc(N)ncc2Cc2cc(OC)c(OC)c(OC)c2)CC1. The molecular weight excluding hydrogens is 358 g/mol. The van der Waals surface area contributed by atoms with E-state index in [1.165, 1.54) is 0 Å². The van der Waals surface area contributed by atoms with E-state index in [4.69, 9.17) is 19.9 Å². The molecule has 0 aliphatic carbocycles. The van der Waals surface area contributed by atoms with Crippen LogP contribution in [0.2, 0.25) is 0 Å². The van der Waals surface area contributed by atoms with Crippen LogP contribution >= 0.6 is 0 Å². The van der Waals surface area contributed by atoms with Crippen molar-refractivity contribution < 1.29 is 14.2 Å². The van der Waals surface area contributed by atoms with Gasteiger partial charge in [-0.05, 0) is 24.2 Å². The Morgan fingerprint density at radius 1 is 1.00 bits per heavy atom. The predicted octanol–water partition coefficient (Wildman–Crippen LogP) is 1.82. The van der Waals surface area contributed by atoms with Gasteiger partial charge in [0.2, 0.25) is 11.7 Å². The lowest BCUT2D eigenvalue weighted by Crippen LogP contribution is -2.46. The topological polar surface area (TPSA) is 86.0 Å². The molecule has 152 valence electrons. The minimum absolute atomic E-state index is 0.293. The number of likely N-dealkylation sites (N-methyl/N-ethyl adjacent to an activating group) is 1. The number of nitrogens with zero attached hydrogens (tertiary/aromatic N) is 4. The average Bonchev–Trinajstić information content (AvgIpc) is 2.74. The number of aromatic nitrogens is 2. The normalized spacial score (nSPS) is 14.8.